The van der Waals surface area contributed by atoms with Crippen molar-refractivity contribution in [2.75, 3.05) is 43.4 Å². The van der Waals surface area contributed by atoms with Crippen LogP contribution in [0, 0.1) is 11.6 Å². The van der Waals surface area contributed by atoms with Crippen molar-refractivity contribution in [1.29, 1.82) is 0 Å². The highest BCUT2D eigenvalue weighted by Gasteiger charge is 2.42. The molecule has 3 N–H and O–H groups in total. The van der Waals surface area contributed by atoms with E-state index in [4.69, 9.17) is 0 Å². The molecule has 5 aromatic rings. The molecule has 5 amide bonds. The van der Waals surface area contributed by atoms with E-state index in [2.05, 4.69) is 30.8 Å². The van der Waals surface area contributed by atoms with E-state index in [0.717, 1.165) is 61.9 Å². The molecule has 3 aromatic carbocycles. The number of imide groups is 1. The predicted molar refractivity (Wildman–Crippen MR) is 239 cm³/mol. The Hall–Kier alpha value is -6.33. The smallest absolute Gasteiger partial charge is 0.255 e. The molecule has 17 heteroatoms. The molecule has 2 aromatic heterocycles. The van der Waals surface area contributed by atoms with E-state index in [9.17, 15) is 24.0 Å². The van der Waals surface area contributed by atoms with Crippen LogP contribution in [-0.2, 0) is 38.7 Å². The summed E-state index contributed by atoms with van der Waals surface area (Å²) >= 11 is 1.27. The molecular formula is C48H49F2N9O5S. The SMILES string of the molecule is O=C1CC[C@H](Nc2ccc(C3CCN(CC(=O)N4CCC(c5ccc(-c6cc(F)c7c(c6)C(=O)N(C(C(=O)Nc6nccs6)c6ncn8c6CCC8)C7)cc5)CC4)CC3)c(F)c2)C(=O)N1. The lowest BCUT2D eigenvalue weighted by molar-refractivity contribution is -0.134. The molecule has 3 saturated heterocycles. The standard InChI is InChI=1S/C48H49F2N9O5S/c49-37-23-32(22-35-36(37)25-59(47(35)64)44(46(63)55-48-51-15-21-65-48)43-40-2-1-16-58(40)27-52-43)29-5-3-28(4-6-29)30-13-19-57(20-14-30)42(61)26-56-17-11-31(12-18-56)34-8-7-33(24-38(34)50)53-39-9-10-41(60)54-45(39)62/h3-8,15,21-24,27,30-31,39,44,53H,1-2,9-14,16-20,25-26H2,(H,51,55,63)(H,54,60,62)/t39-,44?/m0/s1. The maximum atomic E-state index is 16.0. The normalized spacial score (nSPS) is 19.8. The number of thiazole rings is 1. The summed E-state index contributed by atoms with van der Waals surface area (Å²) in [6.45, 7) is 3.72. The van der Waals surface area contributed by atoms with Crippen molar-refractivity contribution < 1.29 is 32.8 Å². The lowest BCUT2D eigenvalue weighted by atomic mass is 9.88. The molecule has 336 valence electrons. The fourth-order valence-electron chi connectivity index (χ4n) is 10.2. The molecule has 5 aliphatic heterocycles. The molecule has 0 radical (unpaired) electrons. The average Bonchev–Trinajstić information content (AvgIpc) is 4.13. The summed E-state index contributed by atoms with van der Waals surface area (Å²) < 4.78 is 33.2. The van der Waals surface area contributed by atoms with Crippen LogP contribution < -0.4 is 16.0 Å². The number of amides is 5. The number of likely N-dealkylation sites (tertiary alicyclic amines) is 2. The summed E-state index contributed by atoms with van der Waals surface area (Å²) in [4.78, 5) is 79.3. The Morgan fingerprint density at radius 3 is 2.37 bits per heavy atom. The Labute approximate surface area is 378 Å². The van der Waals surface area contributed by atoms with Crippen molar-refractivity contribution in [2.24, 2.45) is 0 Å². The molecule has 0 bridgehead atoms. The number of benzene rings is 3. The zero-order valence-electron chi connectivity index (χ0n) is 35.7. The molecule has 10 rings (SSSR count). The molecular weight excluding hydrogens is 853 g/mol. The van der Waals surface area contributed by atoms with Gasteiger partial charge in [0.15, 0.2) is 11.2 Å². The van der Waals surface area contributed by atoms with E-state index in [0.29, 0.717) is 66.8 Å². The van der Waals surface area contributed by atoms with Gasteiger partial charge in [-0.2, -0.15) is 0 Å². The maximum absolute atomic E-state index is 16.0. The molecule has 1 unspecified atom stereocenters. The zero-order valence-corrected chi connectivity index (χ0v) is 36.5. The highest BCUT2D eigenvalue weighted by atomic mass is 32.1. The summed E-state index contributed by atoms with van der Waals surface area (Å²) in [7, 11) is 0. The van der Waals surface area contributed by atoms with Crippen LogP contribution in [0.3, 0.4) is 0 Å². The number of imidazole rings is 1. The first kappa shape index (κ1) is 42.6. The van der Waals surface area contributed by atoms with Gasteiger partial charge in [-0.15, -0.1) is 11.3 Å². The first-order chi connectivity index (χ1) is 31.6. The minimum absolute atomic E-state index is 0.0313. The Bertz CT molecular complexity index is 2660. The number of nitrogens with one attached hydrogen (secondary N) is 3. The number of nitrogens with zero attached hydrogens (tertiary/aromatic N) is 6. The molecule has 5 aliphatic rings. The second-order valence-electron chi connectivity index (χ2n) is 17.7. The lowest BCUT2D eigenvalue weighted by Crippen LogP contribution is -2.47. The minimum atomic E-state index is -1.06. The van der Waals surface area contributed by atoms with Crippen molar-refractivity contribution in [3.8, 4) is 11.1 Å². The molecule has 0 saturated carbocycles. The highest BCUT2D eigenvalue weighted by Crippen LogP contribution is 2.39. The van der Waals surface area contributed by atoms with Crippen LogP contribution in [0.1, 0.15) is 101 Å². The lowest BCUT2D eigenvalue weighted by Gasteiger charge is -2.36. The van der Waals surface area contributed by atoms with Crippen molar-refractivity contribution in [3.05, 3.63) is 118 Å². The van der Waals surface area contributed by atoms with Gasteiger partial charge in [0.25, 0.3) is 11.8 Å². The first-order valence-corrected chi connectivity index (χ1v) is 23.3. The van der Waals surface area contributed by atoms with Gasteiger partial charge < -0.3 is 19.7 Å². The van der Waals surface area contributed by atoms with Crippen molar-refractivity contribution in [3.63, 3.8) is 0 Å². The van der Waals surface area contributed by atoms with Gasteiger partial charge in [0, 0.05) is 60.1 Å². The van der Waals surface area contributed by atoms with E-state index in [1.54, 1.807) is 36.1 Å². The Morgan fingerprint density at radius 1 is 0.846 bits per heavy atom. The third kappa shape index (κ3) is 8.66. The van der Waals surface area contributed by atoms with E-state index in [1.807, 2.05) is 33.7 Å². The Kier molecular flexibility index (Phi) is 11.7. The van der Waals surface area contributed by atoms with Crippen LogP contribution in [0.25, 0.3) is 11.1 Å². The monoisotopic (exact) mass is 901 g/mol. The topological polar surface area (TPSA) is 162 Å². The van der Waals surface area contributed by atoms with Crippen LogP contribution in [0.4, 0.5) is 19.6 Å². The average molecular weight is 902 g/mol. The fraction of sp³-hybridized carbons (Fsp3) is 0.396. The summed E-state index contributed by atoms with van der Waals surface area (Å²) in [6.07, 6.45) is 8.64. The van der Waals surface area contributed by atoms with Crippen molar-refractivity contribution in [2.45, 2.75) is 88.4 Å². The number of anilines is 2. The van der Waals surface area contributed by atoms with Crippen LogP contribution in [0.15, 0.2) is 72.5 Å². The number of hydrogen-bond donors (Lipinski definition) is 3. The molecule has 3 fully saturated rings. The van der Waals surface area contributed by atoms with Crippen LogP contribution in [-0.4, -0.2) is 97.5 Å². The van der Waals surface area contributed by atoms with E-state index < -0.39 is 35.6 Å². The Morgan fingerprint density at radius 2 is 1.63 bits per heavy atom. The quantitative estimate of drug-likeness (QED) is 0.128. The number of aromatic nitrogens is 3. The summed E-state index contributed by atoms with van der Waals surface area (Å²) in [5.41, 5.74) is 5.51. The molecule has 0 aliphatic carbocycles. The number of carbonyl (C=O) groups excluding carboxylic acids is 5. The number of aryl methyl sites for hydroxylation is 1. The van der Waals surface area contributed by atoms with Gasteiger partial charge in [-0.3, -0.25) is 39.5 Å². The molecule has 2 atom stereocenters. The third-order valence-electron chi connectivity index (χ3n) is 13.8. The second kappa shape index (κ2) is 17.9. The number of rotatable bonds is 11. The summed E-state index contributed by atoms with van der Waals surface area (Å²) in [5.74, 6) is -2.02. The first-order valence-electron chi connectivity index (χ1n) is 22.4. The third-order valence-corrected chi connectivity index (χ3v) is 14.5. The summed E-state index contributed by atoms with van der Waals surface area (Å²) in [6, 6.07) is 14.5. The van der Waals surface area contributed by atoms with Crippen molar-refractivity contribution >= 4 is 51.7 Å². The van der Waals surface area contributed by atoms with Gasteiger partial charge in [0.05, 0.1) is 25.1 Å². The van der Waals surface area contributed by atoms with E-state index in [1.165, 1.54) is 28.4 Å². The molecule has 7 heterocycles. The van der Waals surface area contributed by atoms with Gasteiger partial charge in [0.2, 0.25) is 17.7 Å². The number of fused-ring (bicyclic) bond motifs is 2. The van der Waals surface area contributed by atoms with Crippen LogP contribution >= 0.6 is 11.3 Å². The second-order valence-corrected chi connectivity index (χ2v) is 18.6. The van der Waals surface area contributed by atoms with Gasteiger partial charge in [-0.25, -0.2) is 18.7 Å². The minimum Gasteiger partial charge on any atom is -0.374 e. The van der Waals surface area contributed by atoms with Gasteiger partial charge >= 0.3 is 0 Å². The van der Waals surface area contributed by atoms with Gasteiger partial charge in [0.1, 0.15) is 17.7 Å². The fourth-order valence-corrected chi connectivity index (χ4v) is 10.8. The molecule has 0 spiro atoms. The predicted octanol–water partition coefficient (Wildman–Crippen LogP) is 6.37. The van der Waals surface area contributed by atoms with Crippen molar-refractivity contribution in [1.82, 2.24) is 34.6 Å². The number of halogens is 2. The van der Waals surface area contributed by atoms with Gasteiger partial charge in [-0.05, 0) is 116 Å². The number of carbonyl (C=O) groups is 5. The molecule has 14 nitrogen and oxygen atoms in total. The molecule has 65 heavy (non-hydrogen) atoms. The van der Waals surface area contributed by atoms with E-state index >= 15 is 8.78 Å². The zero-order chi connectivity index (χ0) is 44.8. The van der Waals surface area contributed by atoms with Gasteiger partial charge in [-0.1, -0.05) is 30.3 Å². The number of piperidine rings is 3. The Balaban J connectivity index is 0.725. The van der Waals surface area contributed by atoms with Crippen LogP contribution in [0.5, 0.6) is 0 Å². The largest absolute Gasteiger partial charge is 0.374 e. The summed E-state index contributed by atoms with van der Waals surface area (Å²) in [5, 5.41) is 10.4. The maximum Gasteiger partial charge on any atom is 0.255 e. The highest BCUT2D eigenvalue weighted by molar-refractivity contribution is 7.13. The number of hydrogen-bond acceptors (Lipinski definition) is 10. The van der Waals surface area contributed by atoms with E-state index in [-0.39, 0.29) is 53.6 Å². The van der Waals surface area contributed by atoms with Crippen LogP contribution in [0.2, 0.25) is 0 Å².